The third-order valence-electron chi connectivity index (χ3n) is 4.75. The summed E-state index contributed by atoms with van der Waals surface area (Å²) >= 11 is 5.39. The van der Waals surface area contributed by atoms with Crippen LogP contribution in [0.5, 0.6) is 5.75 Å². The number of nitrogens with one attached hydrogen (secondary N) is 2. The number of esters is 1. The van der Waals surface area contributed by atoms with E-state index in [1.54, 1.807) is 29.2 Å². The van der Waals surface area contributed by atoms with Gasteiger partial charge in [-0.1, -0.05) is 32.8 Å². The molecule has 2 amide bonds. The highest BCUT2D eigenvalue weighted by molar-refractivity contribution is 7.80. The van der Waals surface area contributed by atoms with E-state index in [4.69, 9.17) is 21.7 Å². The van der Waals surface area contributed by atoms with E-state index in [0.717, 1.165) is 25.7 Å². The van der Waals surface area contributed by atoms with Crippen molar-refractivity contribution in [2.45, 2.75) is 52.0 Å². The monoisotopic (exact) mass is 449 g/mol. The van der Waals surface area contributed by atoms with Crippen LogP contribution in [-0.2, 0) is 14.3 Å². The van der Waals surface area contributed by atoms with Crippen LogP contribution < -0.4 is 15.4 Å². The Hall–Kier alpha value is -2.68. The summed E-state index contributed by atoms with van der Waals surface area (Å²) < 4.78 is 10.8. The Labute approximate surface area is 188 Å². The fourth-order valence-corrected chi connectivity index (χ4v) is 3.41. The van der Waals surface area contributed by atoms with Crippen LogP contribution in [0.15, 0.2) is 24.3 Å². The predicted molar refractivity (Wildman–Crippen MR) is 121 cm³/mol. The number of hydrogen-bond acceptors (Lipinski definition) is 6. The average molecular weight is 450 g/mol. The van der Waals surface area contributed by atoms with E-state index in [2.05, 4.69) is 17.6 Å². The maximum atomic E-state index is 12.7. The highest BCUT2D eigenvalue weighted by Gasteiger charge is 2.34. The van der Waals surface area contributed by atoms with Gasteiger partial charge in [-0.3, -0.25) is 19.7 Å². The summed E-state index contributed by atoms with van der Waals surface area (Å²) in [7, 11) is 0. The lowest BCUT2D eigenvalue weighted by Crippen LogP contribution is -2.60. The SMILES string of the molecule is CCCCCOC(=O)CC1C(=O)NCCN1C(=S)NC(=O)c1cccc(OCCC)c1. The Bertz CT molecular complexity index is 786. The smallest absolute Gasteiger partial charge is 0.308 e. The van der Waals surface area contributed by atoms with Crippen molar-refractivity contribution in [2.75, 3.05) is 26.3 Å². The lowest BCUT2D eigenvalue weighted by atomic mass is 10.1. The first kappa shape index (κ1) is 24.6. The molecule has 1 aliphatic heterocycles. The number of benzene rings is 1. The summed E-state index contributed by atoms with van der Waals surface area (Å²) in [4.78, 5) is 38.8. The van der Waals surface area contributed by atoms with Gasteiger partial charge in [0.15, 0.2) is 5.11 Å². The molecule has 1 fully saturated rings. The number of unbranched alkanes of at least 4 members (excludes halogenated alkanes) is 2. The van der Waals surface area contributed by atoms with Crippen molar-refractivity contribution in [1.29, 1.82) is 0 Å². The van der Waals surface area contributed by atoms with Crippen LogP contribution in [0.3, 0.4) is 0 Å². The zero-order valence-corrected chi connectivity index (χ0v) is 19.0. The Morgan fingerprint density at radius 2 is 2.03 bits per heavy atom. The van der Waals surface area contributed by atoms with Gasteiger partial charge in [0.2, 0.25) is 5.91 Å². The van der Waals surface area contributed by atoms with Crippen LogP contribution in [-0.4, -0.2) is 60.1 Å². The molecule has 0 spiro atoms. The zero-order chi connectivity index (χ0) is 22.6. The molecule has 1 unspecified atom stereocenters. The Kier molecular flexibility index (Phi) is 10.2. The Morgan fingerprint density at radius 1 is 1.23 bits per heavy atom. The van der Waals surface area contributed by atoms with Crippen molar-refractivity contribution in [3.05, 3.63) is 29.8 Å². The summed E-state index contributed by atoms with van der Waals surface area (Å²) in [5.41, 5.74) is 0.393. The van der Waals surface area contributed by atoms with Gasteiger partial charge in [-0.15, -0.1) is 0 Å². The number of amides is 2. The topological polar surface area (TPSA) is 97.0 Å². The second-order valence-corrected chi connectivity index (χ2v) is 7.65. The van der Waals surface area contributed by atoms with Crippen LogP contribution in [0.25, 0.3) is 0 Å². The summed E-state index contributed by atoms with van der Waals surface area (Å²) in [6, 6.07) is 5.99. The van der Waals surface area contributed by atoms with Gasteiger partial charge in [-0.2, -0.15) is 0 Å². The van der Waals surface area contributed by atoms with Gasteiger partial charge in [0.1, 0.15) is 11.8 Å². The van der Waals surface area contributed by atoms with E-state index in [1.165, 1.54) is 0 Å². The van der Waals surface area contributed by atoms with Gasteiger partial charge in [-0.05, 0) is 43.3 Å². The van der Waals surface area contributed by atoms with Crippen LogP contribution in [0.1, 0.15) is 56.3 Å². The number of ether oxygens (including phenoxy) is 2. The molecule has 0 radical (unpaired) electrons. The molecule has 1 aromatic rings. The number of piperazine rings is 1. The number of carbonyl (C=O) groups excluding carboxylic acids is 3. The van der Waals surface area contributed by atoms with Gasteiger partial charge < -0.3 is 19.7 Å². The third kappa shape index (κ3) is 7.82. The minimum absolute atomic E-state index is 0.100. The Morgan fingerprint density at radius 3 is 2.77 bits per heavy atom. The van der Waals surface area contributed by atoms with Gasteiger partial charge >= 0.3 is 5.97 Å². The lowest BCUT2D eigenvalue weighted by Gasteiger charge is -2.36. The van der Waals surface area contributed by atoms with Gasteiger partial charge in [-0.25, -0.2) is 0 Å². The molecular weight excluding hydrogens is 418 g/mol. The maximum absolute atomic E-state index is 12.7. The molecule has 1 aromatic carbocycles. The minimum atomic E-state index is -0.820. The molecule has 1 heterocycles. The number of nitrogens with zero attached hydrogens (tertiary/aromatic N) is 1. The second kappa shape index (κ2) is 12.9. The molecule has 1 aliphatic rings. The molecule has 0 aromatic heterocycles. The second-order valence-electron chi connectivity index (χ2n) is 7.27. The van der Waals surface area contributed by atoms with Gasteiger partial charge in [0.25, 0.3) is 5.91 Å². The van der Waals surface area contributed by atoms with E-state index in [1.807, 2.05) is 6.92 Å². The van der Waals surface area contributed by atoms with Crippen LogP contribution in [0.2, 0.25) is 0 Å². The summed E-state index contributed by atoms with van der Waals surface area (Å²) in [5, 5.41) is 5.50. The molecular formula is C22H31N3O5S. The molecule has 0 bridgehead atoms. The normalized spacial score (nSPS) is 15.7. The molecule has 0 aliphatic carbocycles. The number of rotatable bonds is 10. The molecule has 0 saturated carbocycles. The predicted octanol–water partition coefficient (Wildman–Crippen LogP) is 2.41. The van der Waals surface area contributed by atoms with E-state index < -0.39 is 17.9 Å². The van der Waals surface area contributed by atoms with Crippen molar-refractivity contribution >= 4 is 35.1 Å². The van der Waals surface area contributed by atoms with Crippen LogP contribution in [0.4, 0.5) is 0 Å². The fraction of sp³-hybridized carbons (Fsp3) is 0.545. The fourth-order valence-electron chi connectivity index (χ4n) is 3.10. The van der Waals surface area contributed by atoms with Crippen LogP contribution in [0, 0.1) is 0 Å². The van der Waals surface area contributed by atoms with Crippen molar-refractivity contribution in [1.82, 2.24) is 15.5 Å². The first-order chi connectivity index (χ1) is 15.0. The largest absolute Gasteiger partial charge is 0.494 e. The first-order valence-electron chi connectivity index (χ1n) is 10.7. The molecule has 170 valence electrons. The standard InChI is InChI=1S/C22H31N3O5S/c1-3-5-6-13-30-19(26)15-18-21(28)23-10-11-25(18)22(31)24-20(27)16-8-7-9-17(14-16)29-12-4-2/h7-9,14,18H,3-6,10-13,15H2,1-2H3,(H,23,28)(H,24,27,31). The zero-order valence-electron chi connectivity index (χ0n) is 18.1. The number of carbonyl (C=O) groups is 3. The summed E-state index contributed by atoms with van der Waals surface area (Å²) in [6.45, 7) is 5.72. The lowest BCUT2D eigenvalue weighted by molar-refractivity contribution is -0.147. The molecule has 2 rings (SSSR count). The average Bonchev–Trinajstić information content (AvgIpc) is 2.76. The first-order valence-corrected chi connectivity index (χ1v) is 11.1. The van der Waals surface area contributed by atoms with E-state index >= 15 is 0 Å². The maximum Gasteiger partial charge on any atom is 0.308 e. The number of hydrogen-bond donors (Lipinski definition) is 2. The van der Waals surface area contributed by atoms with Gasteiger partial charge in [0, 0.05) is 18.7 Å². The van der Waals surface area contributed by atoms with Crippen molar-refractivity contribution in [3.63, 3.8) is 0 Å². The molecule has 9 heteroatoms. The summed E-state index contributed by atoms with van der Waals surface area (Å²) in [5.74, 6) is -0.582. The van der Waals surface area contributed by atoms with E-state index in [9.17, 15) is 14.4 Å². The number of thiocarbonyl (C=S) groups is 1. The molecule has 2 N–H and O–H groups in total. The minimum Gasteiger partial charge on any atom is -0.494 e. The van der Waals surface area contributed by atoms with Crippen molar-refractivity contribution in [3.8, 4) is 5.75 Å². The van der Waals surface area contributed by atoms with Crippen LogP contribution >= 0.6 is 12.2 Å². The van der Waals surface area contributed by atoms with Gasteiger partial charge in [0.05, 0.1) is 19.6 Å². The van der Waals surface area contributed by atoms with E-state index in [0.29, 0.717) is 37.6 Å². The Balaban J connectivity index is 1.98. The third-order valence-corrected chi connectivity index (χ3v) is 5.09. The molecule has 1 saturated heterocycles. The quantitative estimate of drug-likeness (QED) is 0.322. The highest BCUT2D eigenvalue weighted by atomic mass is 32.1. The summed E-state index contributed by atoms with van der Waals surface area (Å²) in [6.07, 6.45) is 3.52. The van der Waals surface area contributed by atoms with E-state index in [-0.39, 0.29) is 17.4 Å². The van der Waals surface area contributed by atoms with Crippen molar-refractivity contribution < 1.29 is 23.9 Å². The highest BCUT2D eigenvalue weighted by Crippen LogP contribution is 2.15. The molecule has 8 nitrogen and oxygen atoms in total. The van der Waals surface area contributed by atoms with Crippen molar-refractivity contribution in [2.24, 2.45) is 0 Å². The molecule has 1 atom stereocenters. The molecule has 31 heavy (non-hydrogen) atoms.